The van der Waals surface area contributed by atoms with E-state index in [0.717, 1.165) is 19.6 Å². The fraction of sp³-hybridized carbons (Fsp3) is 0.360. The highest BCUT2D eigenvalue weighted by Crippen LogP contribution is 2.39. The molecule has 0 aliphatic carbocycles. The Kier molecular flexibility index (Phi) is 6.23. The van der Waals surface area contributed by atoms with Crippen LogP contribution in [0, 0.1) is 10.1 Å². The Morgan fingerprint density at radius 2 is 1.91 bits per heavy atom. The van der Waals surface area contributed by atoms with Crippen molar-refractivity contribution < 1.29 is 23.6 Å². The summed E-state index contributed by atoms with van der Waals surface area (Å²) in [5.74, 6) is 0.0718. The molecule has 3 aromatic rings. The van der Waals surface area contributed by atoms with Crippen LogP contribution in [0.3, 0.4) is 0 Å². The number of morpholine rings is 1. The van der Waals surface area contributed by atoms with Crippen molar-refractivity contribution in [2.75, 3.05) is 46.5 Å². The number of methoxy groups -OCH3 is 1. The Hall–Kier alpha value is -3.76. The third kappa shape index (κ3) is 4.26. The Bertz CT molecular complexity index is 1350. The predicted octanol–water partition coefficient (Wildman–Crippen LogP) is 2.98. The van der Waals surface area contributed by atoms with Gasteiger partial charge in [0.2, 0.25) is 5.76 Å². The molecule has 0 radical (unpaired) electrons. The summed E-state index contributed by atoms with van der Waals surface area (Å²) in [6.45, 7) is 4.15. The number of ether oxygens (including phenoxy) is 2. The van der Waals surface area contributed by atoms with Crippen molar-refractivity contribution >= 4 is 22.6 Å². The summed E-state index contributed by atoms with van der Waals surface area (Å²) in [7, 11) is 1.51. The Morgan fingerprint density at radius 3 is 2.66 bits per heavy atom. The first-order valence-electron chi connectivity index (χ1n) is 11.5. The van der Waals surface area contributed by atoms with E-state index in [0.29, 0.717) is 42.9 Å². The molecule has 0 bridgehead atoms. The van der Waals surface area contributed by atoms with E-state index in [4.69, 9.17) is 13.9 Å². The SMILES string of the molecule is COc1ccc2c(=O)c3c(oc2c1)C(=O)N(CCCN1CCOCC1)C3c1cccc([N+](=O)[O-])c1. The van der Waals surface area contributed by atoms with E-state index < -0.39 is 16.9 Å². The number of nitrogens with zero attached hydrogens (tertiary/aromatic N) is 3. The first-order valence-corrected chi connectivity index (χ1v) is 11.5. The topological polar surface area (TPSA) is 115 Å². The lowest BCUT2D eigenvalue weighted by Gasteiger charge is -2.29. The van der Waals surface area contributed by atoms with Crippen molar-refractivity contribution in [3.63, 3.8) is 0 Å². The van der Waals surface area contributed by atoms with Gasteiger partial charge in [0.1, 0.15) is 11.3 Å². The van der Waals surface area contributed by atoms with Crippen molar-refractivity contribution in [3.8, 4) is 5.75 Å². The van der Waals surface area contributed by atoms with Crippen LogP contribution in [0.4, 0.5) is 5.69 Å². The second-order valence-corrected chi connectivity index (χ2v) is 8.60. The molecule has 35 heavy (non-hydrogen) atoms. The molecule has 2 aliphatic rings. The lowest BCUT2D eigenvalue weighted by molar-refractivity contribution is -0.384. The lowest BCUT2D eigenvalue weighted by Crippen LogP contribution is -2.38. The minimum atomic E-state index is -0.773. The van der Waals surface area contributed by atoms with Gasteiger partial charge in [0.25, 0.3) is 11.6 Å². The predicted molar refractivity (Wildman–Crippen MR) is 127 cm³/mol. The van der Waals surface area contributed by atoms with Crippen LogP contribution in [0.15, 0.2) is 51.7 Å². The molecule has 5 rings (SSSR count). The van der Waals surface area contributed by atoms with E-state index in [-0.39, 0.29) is 28.0 Å². The summed E-state index contributed by atoms with van der Waals surface area (Å²) >= 11 is 0. The Labute approximate surface area is 200 Å². The fourth-order valence-electron chi connectivity index (χ4n) is 4.80. The summed E-state index contributed by atoms with van der Waals surface area (Å²) in [4.78, 5) is 41.9. The van der Waals surface area contributed by atoms with Gasteiger partial charge in [0.05, 0.1) is 42.2 Å². The third-order valence-corrected chi connectivity index (χ3v) is 6.55. The van der Waals surface area contributed by atoms with Crippen LogP contribution in [-0.2, 0) is 4.74 Å². The molecule has 1 unspecified atom stereocenters. The molecule has 3 heterocycles. The van der Waals surface area contributed by atoms with Gasteiger partial charge >= 0.3 is 0 Å². The molecule has 1 aromatic heterocycles. The lowest BCUT2D eigenvalue weighted by atomic mass is 9.98. The van der Waals surface area contributed by atoms with Crippen molar-refractivity contribution in [3.05, 3.63) is 79.7 Å². The zero-order valence-corrected chi connectivity index (χ0v) is 19.3. The molecular weight excluding hydrogens is 454 g/mol. The molecule has 0 saturated carbocycles. The minimum absolute atomic E-state index is 0.0290. The quantitative estimate of drug-likeness (QED) is 0.375. The minimum Gasteiger partial charge on any atom is -0.497 e. The van der Waals surface area contributed by atoms with Crippen molar-refractivity contribution in [2.24, 2.45) is 0 Å². The smallest absolute Gasteiger partial charge is 0.290 e. The molecule has 1 saturated heterocycles. The maximum absolute atomic E-state index is 13.6. The second kappa shape index (κ2) is 9.47. The highest BCUT2D eigenvalue weighted by Gasteiger charge is 2.42. The number of fused-ring (bicyclic) bond motifs is 2. The molecule has 1 amide bonds. The number of carbonyl (C=O) groups excluding carboxylic acids is 1. The van der Waals surface area contributed by atoms with E-state index in [9.17, 15) is 19.7 Å². The van der Waals surface area contributed by atoms with E-state index in [1.165, 1.54) is 19.2 Å². The monoisotopic (exact) mass is 479 g/mol. The highest BCUT2D eigenvalue weighted by atomic mass is 16.6. The molecule has 1 atom stereocenters. The summed E-state index contributed by atoms with van der Waals surface area (Å²) in [6.07, 6.45) is 0.673. The molecule has 182 valence electrons. The number of amides is 1. The molecule has 10 nitrogen and oxygen atoms in total. The number of nitro benzene ring substituents is 1. The molecule has 0 N–H and O–H groups in total. The van der Waals surface area contributed by atoms with Crippen LogP contribution in [0.1, 0.15) is 34.1 Å². The molecule has 2 aromatic carbocycles. The average Bonchev–Trinajstić information content (AvgIpc) is 3.16. The van der Waals surface area contributed by atoms with E-state index in [2.05, 4.69) is 4.90 Å². The second-order valence-electron chi connectivity index (χ2n) is 8.60. The van der Waals surface area contributed by atoms with Gasteiger partial charge in [-0.15, -0.1) is 0 Å². The molecule has 2 aliphatic heterocycles. The fourth-order valence-corrected chi connectivity index (χ4v) is 4.80. The van der Waals surface area contributed by atoms with Gasteiger partial charge in [-0.3, -0.25) is 24.6 Å². The largest absolute Gasteiger partial charge is 0.497 e. The normalized spacial score (nSPS) is 18.1. The van der Waals surface area contributed by atoms with Gasteiger partial charge < -0.3 is 18.8 Å². The molecule has 10 heteroatoms. The van der Waals surface area contributed by atoms with Crippen LogP contribution >= 0.6 is 0 Å². The van der Waals surface area contributed by atoms with E-state index >= 15 is 0 Å². The van der Waals surface area contributed by atoms with Crippen molar-refractivity contribution in [2.45, 2.75) is 12.5 Å². The van der Waals surface area contributed by atoms with Gasteiger partial charge in [0, 0.05) is 44.4 Å². The molecule has 0 spiro atoms. The van der Waals surface area contributed by atoms with Crippen LogP contribution < -0.4 is 10.2 Å². The molecule has 1 fully saturated rings. The number of hydrogen-bond acceptors (Lipinski definition) is 8. The van der Waals surface area contributed by atoms with Gasteiger partial charge in [0.15, 0.2) is 5.43 Å². The van der Waals surface area contributed by atoms with Gasteiger partial charge in [-0.25, -0.2) is 0 Å². The van der Waals surface area contributed by atoms with Crippen LogP contribution in [-0.4, -0.2) is 67.1 Å². The Morgan fingerprint density at radius 1 is 1.11 bits per heavy atom. The summed E-state index contributed by atoms with van der Waals surface area (Å²) in [6, 6.07) is 10.1. The Balaban J connectivity index is 1.56. The van der Waals surface area contributed by atoms with Gasteiger partial charge in [-0.1, -0.05) is 12.1 Å². The zero-order valence-electron chi connectivity index (χ0n) is 19.3. The van der Waals surface area contributed by atoms with Crippen molar-refractivity contribution in [1.82, 2.24) is 9.80 Å². The standard InChI is InChI=1S/C25H25N3O7/c1-33-18-6-7-19-20(15-18)35-24-21(23(19)29)22(16-4-2-5-17(14-16)28(31)32)27(25(24)30)9-3-8-26-10-12-34-13-11-26/h2,4-7,14-15,22H,3,8-13H2,1H3. The van der Waals surface area contributed by atoms with Crippen LogP contribution in [0.5, 0.6) is 5.75 Å². The number of nitro groups is 1. The number of benzene rings is 2. The number of hydrogen-bond donors (Lipinski definition) is 0. The first-order chi connectivity index (χ1) is 17.0. The van der Waals surface area contributed by atoms with Crippen LogP contribution in [0.2, 0.25) is 0 Å². The number of carbonyl (C=O) groups is 1. The number of non-ortho nitro benzene ring substituents is 1. The third-order valence-electron chi connectivity index (χ3n) is 6.55. The van der Waals surface area contributed by atoms with Gasteiger partial charge in [-0.05, 0) is 24.1 Å². The zero-order chi connectivity index (χ0) is 24.5. The first kappa shape index (κ1) is 23.0. The van der Waals surface area contributed by atoms with Gasteiger partial charge in [-0.2, -0.15) is 0 Å². The van der Waals surface area contributed by atoms with E-state index in [1.54, 1.807) is 35.2 Å². The average molecular weight is 479 g/mol. The van der Waals surface area contributed by atoms with Crippen LogP contribution in [0.25, 0.3) is 11.0 Å². The summed E-state index contributed by atoms with van der Waals surface area (Å²) in [5.41, 5.74) is 0.530. The number of rotatable bonds is 7. The van der Waals surface area contributed by atoms with Crippen molar-refractivity contribution in [1.29, 1.82) is 0 Å². The maximum atomic E-state index is 13.6. The highest BCUT2D eigenvalue weighted by molar-refractivity contribution is 5.99. The van der Waals surface area contributed by atoms with E-state index in [1.807, 2.05) is 0 Å². The maximum Gasteiger partial charge on any atom is 0.290 e. The molecular formula is C25H25N3O7. The summed E-state index contributed by atoms with van der Waals surface area (Å²) in [5, 5.41) is 11.7. The summed E-state index contributed by atoms with van der Waals surface area (Å²) < 4.78 is 16.6.